The zero-order valence-corrected chi connectivity index (χ0v) is 12.5. The fourth-order valence-corrected chi connectivity index (χ4v) is 1.98. The van der Waals surface area contributed by atoms with E-state index in [4.69, 9.17) is 0 Å². The molecule has 0 saturated carbocycles. The average molecular weight is 318 g/mol. The third-order valence-electron chi connectivity index (χ3n) is 3.07. The van der Waals surface area contributed by atoms with Crippen LogP contribution in [0.2, 0.25) is 0 Å². The normalized spacial score (nSPS) is 10.3. The highest BCUT2D eigenvalue weighted by Crippen LogP contribution is 2.09. The monoisotopic (exact) mass is 318 g/mol. The minimum absolute atomic E-state index is 0.0707. The first-order valence-electron chi connectivity index (χ1n) is 7.00. The Bertz CT molecular complexity index is 722. The molecule has 0 atom stereocenters. The predicted molar refractivity (Wildman–Crippen MR) is 78.3 cm³/mol. The summed E-state index contributed by atoms with van der Waals surface area (Å²) in [7, 11) is 0. The van der Waals surface area contributed by atoms with Gasteiger partial charge >= 0.3 is 5.97 Å². The van der Waals surface area contributed by atoms with Crippen LogP contribution in [0.1, 0.15) is 29.4 Å². The zero-order valence-electron chi connectivity index (χ0n) is 12.5. The van der Waals surface area contributed by atoms with Crippen molar-refractivity contribution >= 4 is 17.5 Å². The Balaban J connectivity index is 2.08. The number of ether oxygens (including phenoxy) is 1. The fraction of sp³-hybridized carbons (Fsp3) is 0.250. The van der Waals surface area contributed by atoms with Gasteiger partial charge in [0, 0.05) is 6.20 Å². The summed E-state index contributed by atoms with van der Waals surface area (Å²) >= 11 is 0. The Morgan fingerprint density at radius 1 is 1.17 bits per heavy atom. The number of hydrogen-bond donors (Lipinski definition) is 0. The molecule has 0 saturated heterocycles. The van der Waals surface area contributed by atoms with Crippen molar-refractivity contribution in [1.82, 2.24) is 9.78 Å². The van der Waals surface area contributed by atoms with Gasteiger partial charge in [0.15, 0.2) is 5.78 Å². The van der Waals surface area contributed by atoms with Crippen molar-refractivity contribution in [1.29, 1.82) is 0 Å². The number of esters is 1. The van der Waals surface area contributed by atoms with E-state index in [2.05, 4.69) is 9.84 Å². The fourth-order valence-electron chi connectivity index (χ4n) is 1.98. The van der Waals surface area contributed by atoms with Crippen molar-refractivity contribution < 1.29 is 23.5 Å². The summed E-state index contributed by atoms with van der Waals surface area (Å²) in [5, 5.41) is 4.02. The molecule has 1 aromatic heterocycles. The maximum absolute atomic E-state index is 12.9. The molecule has 23 heavy (non-hydrogen) atoms. The molecule has 120 valence electrons. The van der Waals surface area contributed by atoms with E-state index in [9.17, 15) is 18.8 Å². The SMILES string of the molecule is CCOC(=O)C(=O)CC(=O)c1ccnn1Cc1ccc(F)cc1. The van der Waals surface area contributed by atoms with Crippen molar-refractivity contribution in [3.05, 3.63) is 53.6 Å². The number of carbonyl (C=O) groups excluding carboxylic acids is 3. The number of halogens is 1. The summed E-state index contributed by atoms with van der Waals surface area (Å²) in [6.07, 6.45) is 0.847. The molecule has 0 aliphatic heterocycles. The molecule has 0 amide bonds. The Hall–Kier alpha value is -2.83. The second-order valence-corrected chi connectivity index (χ2v) is 4.74. The molecule has 0 spiro atoms. The first kappa shape index (κ1) is 16.5. The third-order valence-corrected chi connectivity index (χ3v) is 3.07. The van der Waals surface area contributed by atoms with E-state index in [0.29, 0.717) is 0 Å². The highest BCUT2D eigenvalue weighted by Gasteiger charge is 2.22. The lowest BCUT2D eigenvalue weighted by atomic mass is 10.1. The molecule has 0 unspecified atom stereocenters. The lowest BCUT2D eigenvalue weighted by Crippen LogP contribution is -2.22. The summed E-state index contributed by atoms with van der Waals surface area (Å²) in [6, 6.07) is 7.24. The van der Waals surface area contributed by atoms with Crippen molar-refractivity contribution in [2.24, 2.45) is 0 Å². The quantitative estimate of drug-likeness (QED) is 0.336. The van der Waals surface area contributed by atoms with Crippen LogP contribution in [0.3, 0.4) is 0 Å². The molecule has 0 bridgehead atoms. The van der Waals surface area contributed by atoms with Crippen molar-refractivity contribution in [2.45, 2.75) is 19.9 Å². The lowest BCUT2D eigenvalue weighted by molar-refractivity contribution is -0.153. The molecular formula is C16H15FN2O4. The number of benzene rings is 1. The summed E-state index contributed by atoms with van der Waals surface area (Å²) in [4.78, 5) is 35.0. The highest BCUT2D eigenvalue weighted by atomic mass is 19.1. The van der Waals surface area contributed by atoms with Gasteiger partial charge in [-0.3, -0.25) is 14.3 Å². The maximum Gasteiger partial charge on any atom is 0.375 e. The van der Waals surface area contributed by atoms with Gasteiger partial charge in [0.2, 0.25) is 5.78 Å². The van der Waals surface area contributed by atoms with Crippen LogP contribution in [-0.2, 0) is 20.9 Å². The topological polar surface area (TPSA) is 78.3 Å². The molecule has 7 heteroatoms. The van der Waals surface area contributed by atoms with Gasteiger partial charge in [0.05, 0.1) is 19.6 Å². The molecular weight excluding hydrogens is 303 g/mol. The number of hydrogen-bond acceptors (Lipinski definition) is 5. The molecule has 1 heterocycles. The van der Waals surface area contributed by atoms with Gasteiger partial charge < -0.3 is 4.74 Å². The number of Topliss-reactive ketones (excluding diaryl/α,β-unsaturated/α-hetero) is 2. The van der Waals surface area contributed by atoms with E-state index < -0.39 is 24.0 Å². The first-order chi connectivity index (χ1) is 11.0. The van der Waals surface area contributed by atoms with Gasteiger partial charge in [-0.05, 0) is 30.7 Å². The van der Waals surface area contributed by atoms with Crippen LogP contribution in [0.25, 0.3) is 0 Å². The minimum Gasteiger partial charge on any atom is -0.460 e. The number of carbonyl (C=O) groups is 3. The number of rotatable bonds is 7. The summed E-state index contributed by atoms with van der Waals surface area (Å²) in [6.45, 7) is 1.90. The van der Waals surface area contributed by atoms with Gasteiger partial charge in [-0.1, -0.05) is 12.1 Å². The molecule has 1 aromatic carbocycles. The van der Waals surface area contributed by atoms with Gasteiger partial charge in [-0.15, -0.1) is 0 Å². The van der Waals surface area contributed by atoms with Crippen LogP contribution in [0.15, 0.2) is 36.5 Å². The average Bonchev–Trinajstić information content (AvgIpc) is 2.98. The molecule has 6 nitrogen and oxygen atoms in total. The number of nitrogens with zero attached hydrogens (tertiary/aromatic N) is 2. The highest BCUT2D eigenvalue weighted by molar-refractivity contribution is 6.38. The van der Waals surface area contributed by atoms with E-state index in [1.807, 2.05) is 0 Å². The van der Waals surface area contributed by atoms with E-state index in [0.717, 1.165) is 5.56 Å². The van der Waals surface area contributed by atoms with E-state index >= 15 is 0 Å². The van der Waals surface area contributed by atoms with Crippen LogP contribution >= 0.6 is 0 Å². The molecule has 0 aliphatic rings. The zero-order chi connectivity index (χ0) is 16.8. The molecule has 0 fully saturated rings. The third kappa shape index (κ3) is 4.32. The molecule has 2 rings (SSSR count). The summed E-state index contributed by atoms with van der Waals surface area (Å²) in [5.74, 6) is -2.80. The summed E-state index contributed by atoms with van der Waals surface area (Å²) in [5.41, 5.74) is 0.952. The first-order valence-corrected chi connectivity index (χ1v) is 7.00. The Labute approximate surface area is 131 Å². The van der Waals surface area contributed by atoms with Crippen LogP contribution in [0.4, 0.5) is 4.39 Å². The van der Waals surface area contributed by atoms with Gasteiger partial charge in [-0.2, -0.15) is 5.10 Å². The smallest absolute Gasteiger partial charge is 0.375 e. The van der Waals surface area contributed by atoms with Crippen LogP contribution in [-0.4, -0.2) is 33.9 Å². The Morgan fingerprint density at radius 3 is 2.52 bits per heavy atom. The van der Waals surface area contributed by atoms with E-state index in [1.165, 1.54) is 29.1 Å². The van der Waals surface area contributed by atoms with Crippen molar-refractivity contribution in [3.8, 4) is 0 Å². The molecule has 0 aliphatic carbocycles. The van der Waals surface area contributed by atoms with Crippen LogP contribution < -0.4 is 0 Å². The van der Waals surface area contributed by atoms with Gasteiger partial charge in [0.25, 0.3) is 0 Å². The number of aromatic nitrogens is 2. The van der Waals surface area contributed by atoms with Crippen LogP contribution in [0, 0.1) is 5.82 Å². The van der Waals surface area contributed by atoms with E-state index in [1.54, 1.807) is 19.1 Å². The minimum atomic E-state index is -1.02. The summed E-state index contributed by atoms with van der Waals surface area (Å²) < 4.78 is 18.9. The predicted octanol–water partition coefficient (Wildman–Crippen LogP) is 1.78. The maximum atomic E-state index is 12.9. The standard InChI is InChI=1S/C16H15FN2O4/c1-2-23-16(22)15(21)9-14(20)13-7-8-18-19(13)10-11-3-5-12(17)6-4-11/h3-8H,2,9-10H2,1H3. The molecule has 0 N–H and O–H groups in total. The van der Waals surface area contributed by atoms with Crippen LogP contribution in [0.5, 0.6) is 0 Å². The Kier molecular flexibility index (Phi) is 5.35. The van der Waals surface area contributed by atoms with Crippen molar-refractivity contribution in [2.75, 3.05) is 6.61 Å². The second-order valence-electron chi connectivity index (χ2n) is 4.74. The lowest BCUT2D eigenvalue weighted by Gasteiger charge is -2.07. The molecule has 0 radical (unpaired) electrons. The molecule has 2 aromatic rings. The largest absolute Gasteiger partial charge is 0.460 e. The van der Waals surface area contributed by atoms with Gasteiger partial charge in [0.1, 0.15) is 11.5 Å². The van der Waals surface area contributed by atoms with Gasteiger partial charge in [-0.25, -0.2) is 9.18 Å². The van der Waals surface area contributed by atoms with Crippen molar-refractivity contribution in [3.63, 3.8) is 0 Å². The van der Waals surface area contributed by atoms with E-state index in [-0.39, 0.29) is 24.7 Å². The second kappa shape index (κ2) is 7.44. The Morgan fingerprint density at radius 2 is 1.87 bits per heavy atom. The number of ketones is 2.